The molecule has 13 nitrogen and oxygen atoms in total. The number of carboxylic acids is 1. The van der Waals surface area contributed by atoms with Crippen LogP contribution in [0.1, 0.15) is 30.4 Å². The molecule has 1 saturated heterocycles. The Morgan fingerprint density at radius 2 is 1.57 bits per heavy atom. The number of aliphatic carboxylic acids is 1. The molecule has 0 bridgehead atoms. The quantitative estimate of drug-likeness (QED) is 0.136. The van der Waals surface area contributed by atoms with E-state index in [4.69, 9.17) is 5.73 Å². The lowest BCUT2D eigenvalue weighted by Gasteiger charge is -2.25. The minimum absolute atomic E-state index is 0.00165. The summed E-state index contributed by atoms with van der Waals surface area (Å²) in [5.74, 6) is -4.26. The van der Waals surface area contributed by atoms with Crippen molar-refractivity contribution in [2.24, 2.45) is 5.73 Å². The van der Waals surface area contributed by atoms with Crippen molar-refractivity contribution in [1.82, 2.24) is 26.3 Å². The maximum absolute atomic E-state index is 13.7. The van der Waals surface area contributed by atoms with E-state index >= 15 is 0 Å². The molecular weight excluding hydrogens is 544 g/mol. The average Bonchev–Trinajstić information content (AvgIpc) is 3.64. The number of amides is 4. The van der Waals surface area contributed by atoms with Crippen LogP contribution < -0.4 is 27.0 Å². The lowest BCUT2D eigenvalue weighted by Crippen LogP contribution is -2.58. The van der Waals surface area contributed by atoms with Gasteiger partial charge in [0.2, 0.25) is 23.6 Å². The number of fused-ring (bicyclic) bond motifs is 1. The van der Waals surface area contributed by atoms with Crippen LogP contribution in [0, 0.1) is 0 Å². The standard InChI is InChI=1S/C29H34N6O7/c30-25(37)14-24(29(41)42)35-27(39)22(12-16-7-9-18(36)10-8-16)33-28(40)23(34-26(38)21-6-3-11-31-21)13-17-15-32-20-5-2-1-4-19(17)20/h1-2,4-5,7-10,15,21-24,31-32,36H,3,6,11-14H2,(H2,30,37)(H,33,40)(H,34,38)(H,35,39)(H,41,42). The van der Waals surface area contributed by atoms with Gasteiger partial charge in [-0.2, -0.15) is 0 Å². The highest BCUT2D eigenvalue weighted by molar-refractivity contribution is 5.95. The number of carboxylic acid groups (broad SMARTS) is 1. The van der Waals surface area contributed by atoms with Gasteiger partial charge in [-0.05, 0) is 48.7 Å². The first-order chi connectivity index (χ1) is 20.1. The predicted octanol–water partition coefficient (Wildman–Crippen LogP) is -0.175. The third-order valence-electron chi connectivity index (χ3n) is 7.14. The van der Waals surface area contributed by atoms with Gasteiger partial charge in [-0.1, -0.05) is 30.3 Å². The molecule has 0 radical (unpaired) electrons. The van der Waals surface area contributed by atoms with Crippen LogP contribution in [0.5, 0.6) is 5.75 Å². The summed E-state index contributed by atoms with van der Waals surface area (Å²) in [5.41, 5.74) is 7.34. The number of carbonyl (C=O) groups is 5. The topological polar surface area (TPSA) is 216 Å². The molecule has 1 aliphatic heterocycles. The van der Waals surface area contributed by atoms with Gasteiger partial charge in [-0.15, -0.1) is 0 Å². The average molecular weight is 579 g/mol. The minimum Gasteiger partial charge on any atom is -0.508 e. The van der Waals surface area contributed by atoms with Gasteiger partial charge in [0.15, 0.2) is 0 Å². The van der Waals surface area contributed by atoms with E-state index in [1.165, 1.54) is 12.1 Å². The second-order valence-electron chi connectivity index (χ2n) is 10.3. The zero-order valence-electron chi connectivity index (χ0n) is 22.8. The molecule has 1 aromatic heterocycles. The van der Waals surface area contributed by atoms with E-state index in [1.807, 2.05) is 24.3 Å². The Kier molecular flexibility index (Phi) is 9.76. The van der Waals surface area contributed by atoms with E-state index in [2.05, 4.69) is 26.3 Å². The summed E-state index contributed by atoms with van der Waals surface area (Å²) in [4.78, 5) is 66.3. The molecule has 4 atom stereocenters. The molecule has 0 saturated carbocycles. The van der Waals surface area contributed by atoms with Gasteiger partial charge in [0.05, 0.1) is 12.5 Å². The Hall–Kier alpha value is -4.91. The van der Waals surface area contributed by atoms with Crippen molar-refractivity contribution >= 4 is 40.5 Å². The van der Waals surface area contributed by atoms with Crippen LogP contribution in [0.2, 0.25) is 0 Å². The van der Waals surface area contributed by atoms with Gasteiger partial charge in [0.25, 0.3) is 0 Å². The molecule has 1 aliphatic rings. The Balaban J connectivity index is 1.59. The van der Waals surface area contributed by atoms with Crippen LogP contribution in [-0.4, -0.2) is 75.5 Å². The number of hydrogen-bond acceptors (Lipinski definition) is 7. The number of nitrogens with two attached hydrogens (primary N) is 1. The zero-order chi connectivity index (χ0) is 30.2. The number of benzene rings is 2. The van der Waals surface area contributed by atoms with Gasteiger partial charge in [-0.3, -0.25) is 19.2 Å². The second kappa shape index (κ2) is 13.6. The predicted molar refractivity (Wildman–Crippen MR) is 152 cm³/mol. The van der Waals surface area contributed by atoms with E-state index in [9.17, 15) is 34.2 Å². The summed E-state index contributed by atoms with van der Waals surface area (Å²) >= 11 is 0. The van der Waals surface area contributed by atoms with Crippen LogP contribution in [0.25, 0.3) is 10.9 Å². The largest absolute Gasteiger partial charge is 0.508 e. The van der Waals surface area contributed by atoms with Gasteiger partial charge >= 0.3 is 5.97 Å². The number of nitrogens with one attached hydrogen (secondary N) is 5. The summed E-state index contributed by atoms with van der Waals surface area (Å²) in [5, 5.41) is 30.9. The van der Waals surface area contributed by atoms with E-state index in [0.717, 1.165) is 22.9 Å². The van der Waals surface area contributed by atoms with E-state index in [0.29, 0.717) is 18.5 Å². The molecule has 3 aromatic rings. The maximum atomic E-state index is 13.7. The van der Waals surface area contributed by atoms with Crippen molar-refractivity contribution in [3.8, 4) is 5.75 Å². The molecule has 4 rings (SSSR count). The third-order valence-corrected chi connectivity index (χ3v) is 7.14. The Morgan fingerprint density at radius 1 is 0.905 bits per heavy atom. The SMILES string of the molecule is NC(=O)CC(NC(=O)C(Cc1ccc(O)cc1)NC(=O)C(Cc1c[nH]c2ccccc12)NC(=O)C1CCCN1)C(=O)O. The first-order valence-corrected chi connectivity index (χ1v) is 13.6. The maximum Gasteiger partial charge on any atom is 0.326 e. The van der Waals surface area contributed by atoms with Crippen molar-refractivity contribution in [3.63, 3.8) is 0 Å². The zero-order valence-corrected chi connectivity index (χ0v) is 22.8. The number of hydrogen-bond donors (Lipinski definition) is 8. The molecule has 4 unspecified atom stereocenters. The van der Waals surface area contributed by atoms with Gasteiger partial charge < -0.3 is 42.2 Å². The molecule has 1 fully saturated rings. The number of rotatable bonds is 13. The molecule has 42 heavy (non-hydrogen) atoms. The number of aromatic amines is 1. The van der Waals surface area contributed by atoms with E-state index in [1.54, 1.807) is 18.3 Å². The fourth-order valence-corrected chi connectivity index (χ4v) is 4.93. The fourth-order valence-electron chi connectivity index (χ4n) is 4.93. The highest BCUT2D eigenvalue weighted by atomic mass is 16.4. The van der Waals surface area contributed by atoms with Gasteiger partial charge in [-0.25, -0.2) is 4.79 Å². The minimum atomic E-state index is -1.61. The van der Waals surface area contributed by atoms with E-state index < -0.39 is 54.3 Å². The smallest absolute Gasteiger partial charge is 0.326 e. The first-order valence-electron chi connectivity index (χ1n) is 13.6. The van der Waals surface area contributed by atoms with Crippen molar-refractivity contribution in [1.29, 1.82) is 0 Å². The molecule has 0 spiro atoms. The monoisotopic (exact) mass is 578 g/mol. The van der Waals surface area contributed by atoms with E-state index in [-0.39, 0.29) is 24.5 Å². The molecule has 222 valence electrons. The number of phenolic OH excluding ortho intramolecular Hbond substituents is 1. The fraction of sp³-hybridized carbons (Fsp3) is 0.345. The van der Waals surface area contributed by atoms with Crippen LogP contribution in [0.3, 0.4) is 0 Å². The molecular formula is C29H34N6O7. The summed E-state index contributed by atoms with van der Waals surface area (Å²) in [7, 11) is 0. The van der Waals surface area contributed by atoms with Crippen molar-refractivity contribution in [3.05, 3.63) is 65.9 Å². The summed E-state index contributed by atoms with van der Waals surface area (Å²) in [6.07, 6.45) is 2.60. The Labute approximate surface area is 241 Å². The van der Waals surface area contributed by atoms with Crippen molar-refractivity contribution < 1.29 is 34.2 Å². The summed E-state index contributed by atoms with van der Waals surface area (Å²) < 4.78 is 0. The van der Waals surface area contributed by atoms with Crippen LogP contribution in [0.15, 0.2) is 54.7 Å². The van der Waals surface area contributed by atoms with Crippen LogP contribution in [-0.2, 0) is 36.8 Å². The highest BCUT2D eigenvalue weighted by Gasteiger charge is 2.32. The number of aromatic nitrogens is 1. The first kappa shape index (κ1) is 30.1. The van der Waals surface area contributed by atoms with Crippen LogP contribution >= 0.6 is 0 Å². The second-order valence-corrected chi connectivity index (χ2v) is 10.3. The Morgan fingerprint density at radius 3 is 2.21 bits per heavy atom. The van der Waals surface area contributed by atoms with Crippen molar-refractivity contribution in [2.45, 2.75) is 56.3 Å². The number of para-hydroxylation sites is 1. The lowest BCUT2D eigenvalue weighted by atomic mass is 10.0. The molecule has 13 heteroatoms. The number of carbonyl (C=O) groups excluding carboxylic acids is 4. The molecule has 2 aromatic carbocycles. The Bertz CT molecular complexity index is 1450. The van der Waals surface area contributed by atoms with Gasteiger partial charge in [0.1, 0.15) is 23.9 Å². The third kappa shape index (κ3) is 7.85. The molecule has 9 N–H and O–H groups in total. The molecule has 0 aliphatic carbocycles. The number of phenols is 1. The molecule has 4 amide bonds. The summed E-state index contributed by atoms with van der Waals surface area (Å²) in [6, 6.07) is 9.01. The number of primary amides is 1. The number of aromatic hydroxyl groups is 1. The summed E-state index contributed by atoms with van der Waals surface area (Å²) in [6.45, 7) is 0.683. The lowest BCUT2D eigenvalue weighted by molar-refractivity contribution is -0.143. The van der Waals surface area contributed by atoms with Gasteiger partial charge in [0, 0.05) is 29.9 Å². The highest BCUT2D eigenvalue weighted by Crippen LogP contribution is 2.20. The van der Waals surface area contributed by atoms with Crippen molar-refractivity contribution in [2.75, 3.05) is 6.54 Å². The number of H-pyrrole nitrogens is 1. The normalized spacial score (nSPS) is 16.7. The van der Waals surface area contributed by atoms with Crippen LogP contribution in [0.4, 0.5) is 0 Å². The molecule has 2 heterocycles.